The van der Waals surface area contributed by atoms with Crippen LogP contribution in [0.5, 0.6) is 0 Å². The highest BCUT2D eigenvalue weighted by Crippen LogP contribution is 2.14. The fourth-order valence-electron chi connectivity index (χ4n) is 2.61. The van der Waals surface area contributed by atoms with E-state index < -0.39 is 0 Å². The van der Waals surface area contributed by atoms with Gasteiger partial charge < -0.3 is 0 Å². The zero-order valence-electron chi connectivity index (χ0n) is 14.6. The average Bonchev–Trinajstić information content (AvgIpc) is 2.67. The SMILES string of the molecule is CCc1cc(C#CC2=CCC(=S)C=C2)ccc1C#CC1=CCC(=S)C=C1. The van der Waals surface area contributed by atoms with E-state index >= 15 is 0 Å². The Bertz CT molecular complexity index is 1010. The summed E-state index contributed by atoms with van der Waals surface area (Å²) in [6.45, 7) is 2.14. The van der Waals surface area contributed by atoms with Crippen molar-refractivity contribution >= 4 is 34.2 Å². The Morgan fingerprint density at radius 2 is 1.42 bits per heavy atom. The second-order valence-corrected chi connectivity index (χ2v) is 7.10. The van der Waals surface area contributed by atoms with Crippen LogP contribution in [0.4, 0.5) is 0 Å². The largest absolute Gasteiger partial charge is 0.0846 e. The third-order valence-electron chi connectivity index (χ3n) is 4.12. The molecule has 0 radical (unpaired) electrons. The molecule has 0 amide bonds. The van der Waals surface area contributed by atoms with Crippen LogP contribution in [0, 0.1) is 23.7 Å². The number of hydrogen-bond donors (Lipinski definition) is 0. The van der Waals surface area contributed by atoms with E-state index in [0.717, 1.165) is 51.3 Å². The minimum absolute atomic E-state index is 0.805. The molecule has 0 fully saturated rings. The van der Waals surface area contributed by atoms with Gasteiger partial charge in [-0.3, -0.25) is 0 Å². The summed E-state index contributed by atoms with van der Waals surface area (Å²) in [5.74, 6) is 13.0. The molecule has 0 saturated carbocycles. The van der Waals surface area contributed by atoms with Gasteiger partial charge in [0.05, 0.1) is 0 Å². The molecule has 0 atom stereocenters. The molecular weight excluding hydrogens is 352 g/mol. The summed E-state index contributed by atoms with van der Waals surface area (Å²) in [6, 6.07) is 6.23. The number of hydrogen-bond acceptors (Lipinski definition) is 2. The van der Waals surface area contributed by atoms with Crippen molar-refractivity contribution in [1.82, 2.24) is 0 Å². The highest BCUT2D eigenvalue weighted by atomic mass is 32.1. The van der Waals surface area contributed by atoms with Crippen LogP contribution in [-0.4, -0.2) is 9.73 Å². The summed E-state index contributed by atoms with van der Waals surface area (Å²) < 4.78 is 0. The number of allylic oxidation sites excluding steroid dienone is 8. The molecule has 1 aromatic rings. The van der Waals surface area contributed by atoms with Crippen molar-refractivity contribution in [3.8, 4) is 23.7 Å². The fraction of sp³-hybridized carbons (Fsp3) is 0.167. The molecule has 0 unspecified atom stereocenters. The van der Waals surface area contributed by atoms with E-state index in [0.29, 0.717) is 0 Å². The zero-order valence-corrected chi connectivity index (χ0v) is 16.3. The van der Waals surface area contributed by atoms with Crippen molar-refractivity contribution in [1.29, 1.82) is 0 Å². The third-order valence-corrected chi connectivity index (χ3v) is 4.73. The fourth-order valence-corrected chi connectivity index (χ4v) is 2.92. The molecule has 3 rings (SSSR count). The van der Waals surface area contributed by atoms with Gasteiger partial charge >= 0.3 is 0 Å². The van der Waals surface area contributed by atoms with Crippen molar-refractivity contribution in [3.05, 3.63) is 82.5 Å². The summed E-state index contributed by atoms with van der Waals surface area (Å²) in [6.07, 6.45) is 14.6. The lowest BCUT2D eigenvalue weighted by Crippen LogP contribution is -1.93. The smallest absolute Gasteiger partial charge is 0.0281 e. The van der Waals surface area contributed by atoms with E-state index in [-0.39, 0.29) is 0 Å². The number of thiocarbonyl (C=S) groups is 2. The lowest BCUT2D eigenvalue weighted by molar-refractivity contribution is 1.13. The summed E-state index contributed by atoms with van der Waals surface area (Å²) in [5.41, 5.74) is 5.34. The van der Waals surface area contributed by atoms with Gasteiger partial charge in [0.15, 0.2) is 0 Å². The first-order chi connectivity index (χ1) is 12.6. The Labute approximate surface area is 166 Å². The van der Waals surface area contributed by atoms with Crippen molar-refractivity contribution in [2.45, 2.75) is 26.2 Å². The molecule has 126 valence electrons. The van der Waals surface area contributed by atoms with Crippen LogP contribution in [-0.2, 0) is 6.42 Å². The van der Waals surface area contributed by atoms with Gasteiger partial charge in [0.25, 0.3) is 0 Å². The van der Waals surface area contributed by atoms with E-state index in [2.05, 4.69) is 54.9 Å². The molecule has 2 aliphatic rings. The van der Waals surface area contributed by atoms with Gasteiger partial charge in [-0.2, -0.15) is 0 Å². The predicted octanol–water partition coefficient (Wildman–Crippen LogP) is 5.46. The van der Waals surface area contributed by atoms with Gasteiger partial charge in [-0.15, -0.1) is 0 Å². The lowest BCUT2D eigenvalue weighted by Gasteiger charge is -2.04. The quantitative estimate of drug-likeness (QED) is 0.475. The van der Waals surface area contributed by atoms with Crippen molar-refractivity contribution in [2.75, 3.05) is 0 Å². The normalized spacial score (nSPS) is 15.4. The molecule has 0 spiro atoms. The van der Waals surface area contributed by atoms with E-state index in [4.69, 9.17) is 24.4 Å². The Kier molecular flexibility index (Phi) is 6.13. The summed E-state index contributed by atoms with van der Waals surface area (Å²) >= 11 is 10.3. The molecule has 0 aliphatic heterocycles. The van der Waals surface area contributed by atoms with Crippen LogP contribution < -0.4 is 0 Å². The van der Waals surface area contributed by atoms with E-state index in [1.165, 1.54) is 5.56 Å². The van der Waals surface area contributed by atoms with Crippen LogP contribution >= 0.6 is 24.4 Å². The highest BCUT2D eigenvalue weighted by molar-refractivity contribution is 7.81. The molecule has 1 aromatic carbocycles. The molecular formula is C24H18S2. The third kappa shape index (κ3) is 4.99. The predicted molar refractivity (Wildman–Crippen MR) is 118 cm³/mol. The minimum Gasteiger partial charge on any atom is -0.0846 e. The van der Waals surface area contributed by atoms with Gasteiger partial charge in [-0.05, 0) is 54.5 Å². The van der Waals surface area contributed by atoms with Crippen molar-refractivity contribution in [2.24, 2.45) is 0 Å². The standard InChI is InChI=1S/C24H18S2/c1-2-21-17-20(4-3-18-7-13-23(25)14-8-18)6-12-22(21)11-5-19-9-15-24(26)16-10-19/h6-10,12-13,15,17H,2,14,16H2,1H3. The summed E-state index contributed by atoms with van der Waals surface area (Å²) in [4.78, 5) is 1.91. The summed E-state index contributed by atoms with van der Waals surface area (Å²) in [5, 5.41) is 0. The summed E-state index contributed by atoms with van der Waals surface area (Å²) in [7, 11) is 0. The monoisotopic (exact) mass is 370 g/mol. The molecule has 0 saturated heterocycles. The maximum Gasteiger partial charge on any atom is 0.0281 e. The van der Waals surface area contributed by atoms with Gasteiger partial charge in [0.1, 0.15) is 0 Å². The first-order valence-corrected chi connectivity index (χ1v) is 9.45. The second kappa shape index (κ2) is 8.72. The Balaban J connectivity index is 1.79. The topological polar surface area (TPSA) is 0 Å². The van der Waals surface area contributed by atoms with Gasteiger partial charge in [-0.25, -0.2) is 0 Å². The first kappa shape index (κ1) is 18.3. The van der Waals surface area contributed by atoms with Crippen molar-refractivity contribution in [3.63, 3.8) is 0 Å². The van der Waals surface area contributed by atoms with E-state index in [1.54, 1.807) is 0 Å². The van der Waals surface area contributed by atoms with E-state index in [1.807, 2.05) is 30.4 Å². The van der Waals surface area contributed by atoms with Crippen LogP contribution in [0.3, 0.4) is 0 Å². The van der Waals surface area contributed by atoms with Crippen LogP contribution in [0.2, 0.25) is 0 Å². The number of aryl methyl sites for hydroxylation is 1. The van der Waals surface area contributed by atoms with Crippen LogP contribution in [0.25, 0.3) is 0 Å². The maximum atomic E-state index is 5.16. The molecule has 0 N–H and O–H groups in total. The first-order valence-electron chi connectivity index (χ1n) is 8.63. The molecule has 2 aliphatic carbocycles. The maximum absolute atomic E-state index is 5.16. The molecule has 26 heavy (non-hydrogen) atoms. The van der Waals surface area contributed by atoms with Gasteiger partial charge in [0.2, 0.25) is 0 Å². The second-order valence-electron chi connectivity index (χ2n) is 6.05. The molecule has 0 nitrogen and oxygen atoms in total. The van der Waals surface area contributed by atoms with Crippen LogP contribution in [0.15, 0.2) is 65.8 Å². The Morgan fingerprint density at radius 1 is 0.808 bits per heavy atom. The zero-order chi connectivity index (χ0) is 18.4. The van der Waals surface area contributed by atoms with Crippen molar-refractivity contribution < 1.29 is 0 Å². The average molecular weight is 371 g/mol. The van der Waals surface area contributed by atoms with Crippen LogP contribution in [0.1, 0.15) is 36.5 Å². The molecule has 0 aromatic heterocycles. The lowest BCUT2D eigenvalue weighted by atomic mass is 10.0. The molecule has 0 heterocycles. The highest BCUT2D eigenvalue weighted by Gasteiger charge is 2.02. The Morgan fingerprint density at radius 3 is 1.96 bits per heavy atom. The van der Waals surface area contributed by atoms with Gasteiger partial charge in [-0.1, -0.05) is 67.2 Å². The molecule has 0 bridgehead atoms. The Hall–Kier alpha value is -2.52. The minimum atomic E-state index is 0.805. The molecule has 2 heteroatoms. The number of rotatable bonds is 1. The van der Waals surface area contributed by atoms with E-state index in [9.17, 15) is 0 Å². The van der Waals surface area contributed by atoms with Gasteiger partial charge in [0, 0.05) is 44.8 Å². The number of benzene rings is 1.